The van der Waals surface area contributed by atoms with Gasteiger partial charge in [-0.3, -0.25) is 9.80 Å². The van der Waals surface area contributed by atoms with Gasteiger partial charge in [0.2, 0.25) is 0 Å². The van der Waals surface area contributed by atoms with E-state index >= 15 is 0 Å². The normalized spacial score (nSPS) is 25.1. The van der Waals surface area contributed by atoms with Crippen molar-refractivity contribution in [3.8, 4) is 0 Å². The van der Waals surface area contributed by atoms with Crippen LogP contribution in [-0.2, 0) is 6.54 Å². The van der Waals surface area contributed by atoms with Crippen LogP contribution < -0.4 is 0 Å². The minimum Gasteiger partial charge on any atom is -0.307 e. The van der Waals surface area contributed by atoms with Crippen molar-refractivity contribution < 1.29 is 0 Å². The van der Waals surface area contributed by atoms with Gasteiger partial charge in [0.15, 0.2) is 0 Å². The third-order valence-corrected chi connectivity index (χ3v) is 5.58. The lowest BCUT2D eigenvalue weighted by Gasteiger charge is -2.39. The molecule has 2 aromatic heterocycles. The van der Waals surface area contributed by atoms with Gasteiger partial charge >= 0.3 is 0 Å². The van der Waals surface area contributed by atoms with Crippen LogP contribution in [0.2, 0.25) is 0 Å². The molecule has 2 saturated heterocycles. The SMILES string of the molecule is CN1CCN([C@H]2CCCCN(Cc3cn4ccccc4n3)C2)CC1. The number of piperazine rings is 1. The minimum absolute atomic E-state index is 0.721. The fourth-order valence-electron chi connectivity index (χ4n) is 4.12. The Labute approximate surface area is 144 Å². The fraction of sp³-hybridized carbons (Fsp3) is 0.632. The van der Waals surface area contributed by atoms with E-state index in [0.29, 0.717) is 0 Å². The second-order valence-electron chi connectivity index (χ2n) is 7.42. The zero-order valence-electron chi connectivity index (χ0n) is 14.8. The van der Waals surface area contributed by atoms with Gasteiger partial charge in [-0.2, -0.15) is 0 Å². The highest BCUT2D eigenvalue weighted by molar-refractivity contribution is 5.39. The van der Waals surface area contributed by atoms with Crippen molar-refractivity contribution in [2.24, 2.45) is 0 Å². The Hall–Kier alpha value is -1.43. The molecule has 0 aromatic carbocycles. The number of likely N-dealkylation sites (tertiary alicyclic amines) is 1. The Morgan fingerprint density at radius 2 is 1.96 bits per heavy atom. The first kappa shape index (κ1) is 16.1. The quantitative estimate of drug-likeness (QED) is 0.861. The summed E-state index contributed by atoms with van der Waals surface area (Å²) in [6, 6.07) is 6.92. The zero-order valence-corrected chi connectivity index (χ0v) is 14.8. The van der Waals surface area contributed by atoms with Crippen LogP contribution in [-0.4, -0.2) is 76.4 Å². The first-order valence-electron chi connectivity index (χ1n) is 9.35. The topological polar surface area (TPSA) is 27.0 Å². The van der Waals surface area contributed by atoms with Crippen LogP contribution in [0.1, 0.15) is 25.0 Å². The predicted molar refractivity (Wildman–Crippen MR) is 97.2 cm³/mol. The molecule has 5 heteroatoms. The number of hydrogen-bond acceptors (Lipinski definition) is 4. The van der Waals surface area contributed by atoms with Gasteiger partial charge in [-0.1, -0.05) is 12.5 Å². The maximum atomic E-state index is 4.79. The van der Waals surface area contributed by atoms with Crippen LogP contribution in [0, 0.1) is 0 Å². The Balaban J connectivity index is 1.42. The van der Waals surface area contributed by atoms with Gasteiger partial charge in [0.25, 0.3) is 0 Å². The predicted octanol–water partition coefficient (Wildman–Crippen LogP) is 1.94. The van der Waals surface area contributed by atoms with Gasteiger partial charge in [0.1, 0.15) is 5.65 Å². The summed E-state index contributed by atoms with van der Waals surface area (Å²) in [6.07, 6.45) is 8.30. The van der Waals surface area contributed by atoms with Gasteiger partial charge < -0.3 is 9.30 Å². The molecule has 2 aliphatic heterocycles. The standard InChI is InChI=1S/C19H29N5/c1-21-10-12-23(13-11-21)18-6-2-4-8-22(16-18)14-17-15-24-9-5-3-7-19(24)20-17/h3,5,7,9,15,18H,2,4,6,8,10-14,16H2,1H3/t18-/m0/s1. The molecule has 0 amide bonds. The van der Waals surface area contributed by atoms with Crippen molar-refractivity contribution >= 4 is 5.65 Å². The molecule has 5 nitrogen and oxygen atoms in total. The van der Waals surface area contributed by atoms with Crippen LogP contribution >= 0.6 is 0 Å². The van der Waals surface area contributed by atoms with Crippen molar-refractivity contribution in [3.63, 3.8) is 0 Å². The highest BCUT2D eigenvalue weighted by atomic mass is 15.3. The molecule has 2 aromatic rings. The van der Waals surface area contributed by atoms with Crippen molar-refractivity contribution in [2.45, 2.75) is 31.8 Å². The van der Waals surface area contributed by atoms with E-state index in [-0.39, 0.29) is 0 Å². The summed E-state index contributed by atoms with van der Waals surface area (Å²) in [4.78, 5) is 12.6. The zero-order chi connectivity index (χ0) is 16.4. The number of hydrogen-bond donors (Lipinski definition) is 0. The summed E-state index contributed by atoms with van der Waals surface area (Å²) in [7, 11) is 2.24. The van der Waals surface area contributed by atoms with E-state index in [9.17, 15) is 0 Å². The lowest BCUT2D eigenvalue weighted by atomic mass is 10.1. The van der Waals surface area contributed by atoms with Crippen molar-refractivity contribution in [1.82, 2.24) is 24.1 Å². The third-order valence-electron chi connectivity index (χ3n) is 5.58. The molecule has 4 heterocycles. The van der Waals surface area contributed by atoms with Gasteiger partial charge in [0.05, 0.1) is 5.69 Å². The monoisotopic (exact) mass is 327 g/mol. The minimum atomic E-state index is 0.721. The maximum Gasteiger partial charge on any atom is 0.137 e. The van der Waals surface area contributed by atoms with Gasteiger partial charge in [-0.25, -0.2) is 4.98 Å². The van der Waals surface area contributed by atoms with Crippen LogP contribution in [0.5, 0.6) is 0 Å². The first-order chi connectivity index (χ1) is 11.8. The molecule has 2 fully saturated rings. The molecule has 0 spiro atoms. The van der Waals surface area contributed by atoms with E-state index < -0.39 is 0 Å². The lowest BCUT2D eigenvalue weighted by molar-refractivity contribution is 0.0872. The van der Waals surface area contributed by atoms with Crippen LogP contribution in [0.3, 0.4) is 0 Å². The molecule has 2 aliphatic rings. The average Bonchev–Trinajstić information content (AvgIpc) is 2.85. The largest absolute Gasteiger partial charge is 0.307 e. The number of rotatable bonds is 3. The Kier molecular flexibility index (Phi) is 4.83. The Morgan fingerprint density at radius 3 is 2.79 bits per heavy atom. The van der Waals surface area contributed by atoms with E-state index in [0.717, 1.165) is 18.2 Å². The number of likely N-dealkylation sites (N-methyl/N-ethyl adjacent to an activating group) is 1. The number of fused-ring (bicyclic) bond motifs is 1. The number of imidazole rings is 1. The molecule has 0 bridgehead atoms. The molecule has 0 radical (unpaired) electrons. The van der Waals surface area contributed by atoms with E-state index in [4.69, 9.17) is 4.98 Å². The van der Waals surface area contributed by atoms with Crippen LogP contribution in [0.4, 0.5) is 0 Å². The lowest BCUT2D eigenvalue weighted by Crippen LogP contribution is -2.51. The van der Waals surface area contributed by atoms with Gasteiger partial charge in [-0.05, 0) is 38.6 Å². The molecular weight excluding hydrogens is 298 g/mol. The molecule has 4 rings (SSSR count). The van der Waals surface area contributed by atoms with Gasteiger partial charge in [0, 0.05) is 57.7 Å². The molecule has 24 heavy (non-hydrogen) atoms. The van der Waals surface area contributed by atoms with E-state index in [1.54, 1.807) is 0 Å². The number of aromatic nitrogens is 2. The first-order valence-corrected chi connectivity index (χ1v) is 9.35. The molecule has 0 aliphatic carbocycles. The van der Waals surface area contributed by atoms with Gasteiger partial charge in [-0.15, -0.1) is 0 Å². The van der Waals surface area contributed by atoms with E-state index in [1.165, 1.54) is 64.2 Å². The highest BCUT2D eigenvalue weighted by Gasteiger charge is 2.26. The molecule has 130 valence electrons. The summed E-state index contributed by atoms with van der Waals surface area (Å²) >= 11 is 0. The number of pyridine rings is 1. The summed E-state index contributed by atoms with van der Waals surface area (Å²) in [6.45, 7) is 8.25. The second kappa shape index (κ2) is 7.21. The third kappa shape index (κ3) is 3.63. The molecule has 0 saturated carbocycles. The summed E-state index contributed by atoms with van der Waals surface area (Å²) < 4.78 is 2.13. The Morgan fingerprint density at radius 1 is 1.08 bits per heavy atom. The molecule has 1 atom stereocenters. The smallest absolute Gasteiger partial charge is 0.137 e. The van der Waals surface area contributed by atoms with Crippen LogP contribution in [0.15, 0.2) is 30.6 Å². The molecule has 0 N–H and O–H groups in total. The van der Waals surface area contributed by atoms with E-state index in [2.05, 4.69) is 56.7 Å². The Bertz CT molecular complexity index is 626. The summed E-state index contributed by atoms with van der Waals surface area (Å²) in [5.41, 5.74) is 2.25. The average molecular weight is 327 g/mol. The van der Waals surface area contributed by atoms with Crippen molar-refractivity contribution in [2.75, 3.05) is 46.3 Å². The maximum absolute atomic E-state index is 4.79. The summed E-state index contributed by atoms with van der Waals surface area (Å²) in [5, 5.41) is 0. The molecule has 0 unspecified atom stereocenters. The summed E-state index contributed by atoms with van der Waals surface area (Å²) in [5.74, 6) is 0. The van der Waals surface area contributed by atoms with Crippen molar-refractivity contribution in [3.05, 3.63) is 36.3 Å². The van der Waals surface area contributed by atoms with Crippen molar-refractivity contribution in [1.29, 1.82) is 0 Å². The van der Waals surface area contributed by atoms with E-state index in [1.807, 2.05) is 0 Å². The molecular formula is C19H29N5. The number of nitrogens with zero attached hydrogens (tertiary/aromatic N) is 5. The fourth-order valence-corrected chi connectivity index (χ4v) is 4.12. The van der Waals surface area contributed by atoms with Crippen LogP contribution in [0.25, 0.3) is 5.65 Å². The second-order valence-corrected chi connectivity index (χ2v) is 7.42. The highest BCUT2D eigenvalue weighted by Crippen LogP contribution is 2.19.